The van der Waals surface area contributed by atoms with Crippen molar-refractivity contribution in [3.8, 4) is 0 Å². The Morgan fingerprint density at radius 2 is 0.837 bits per heavy atom. The number of hydrogen-bond acceptors (Lipinski definition) is 34. The van der Waals surface area contributed by atoms with E-state index in [1.54, 1.807) is 81.0 Å². The maximum atomic E-state index is 4.86. The van der Waals surface area contributed by atoms with Crippen molar-refractivity contribution in [2.45, 2.75) is 166 Å². The molecule has 12 aromatic heterocycles. The van der Waals surface area contributed by atoms with Crippen molar-refractivity contribution in [3.63, 3.8) is 0 Å². The van der Waals surface area contributed by atoms with Gasteiger partial charge in [0.05, 0.1) is 40.7 Å². The van der Waals surface area contributed by atoms with Gasteiger partial charge in [-0.2, -0.15) is 32.6 Å². The Hall–Kier alpha value is -7.80. The molecule has 0 aromatic carbocycles. The van der Waals surface area contributed by atoms with Gasteiger partial charge in [-0.1, -0.05) is 62.5 Å². The first kappa shape index (κ1) is 80.3. The number of aromatic nitrogens is 26. The average molecular weight is 1300 g/mol. The molecule has 0 saturated heterocycles. The molecule has 30 nitrogen and oxygen atoms in total. The highest BCUT2D eigenvalue weighted by atomic mass is 32.1. The highest BCUT2D eigenvalue weighted by molar-refractivity contribution is 7.11. The Bertz CT molecular complexity index is 2770. The molecule has 0 atom stereocenters. The minimum Gasteiger partial charge on any atom is -0.426 e. The van der Waals surface area contributed by atoms with Gasteiger partial charge in [0.15, 0.2) is 11.6 Å². The van der Waals surface area contributed by atoms with E-state index in [9.17, 15) is 0 Å². The van der Waals surface area contributed by atoms with E-state index in [1.807, 2.05) is 139 Å². The monoisotopic (exact) mass is 1300 g/mol. The van der Waals surface area contributed by atoms with Crippen LogP contribution in [0.25, 0.3) is 0 Å². The molecule has 0 radical (unpaired) electrons. The van der Waals surface area contributed by atoms with Crippen molar-refractivity contribution in [1.29, 1.82) is 0 Å². The molecule has 86 heavy (non-hydrogen) atoms. The lowest BCUT2D eigenvalue weighted by Crippen LogP contribution is -1.85. The molecule has 0 spiro atoms. The smallest absolute Gasteiger partial charge is 0.223 e. The Kier molecular flexibility index (Phi) is 45.2. The van der Waals surface area contributed by atoms with Gasteiger partial charge < -0.3 is 13.5 Å². The van der Waals surface area contributed by atoms with Crippen LogP contribution in [0.15, 0.2) is 43.1 Å². The van der Waals surface area contributed by atoms with Crippen molar-refractivity contribution in [2.75, 3.05) is 0 Å². The van der Waals surface area contributed by atoms with Crippen LogP contribution in [-0.4, -0.2) is 127 Å². The summed E-state index contributed by atoms with van der Waals surface area (Å²) in [6.07, 6.45) is 6.56. The summed E-state index contributed by atoms with van der Waals surface area (Å²) in [6, 6.07) is 0. The average Bonchev–Trinajstić information content (AvgIpc) is 4.31. The van der Waals surface area contributed by atoms with Crippen LogP contribution in [0.4, 0.5) is 0 Å². The summed E-state index contributed by atoms with van der Waals surface area (Å²) in [5.41, 5.74) is 5.91. The van der Waals surface area contributed by atoms with Gasteiger partial charge in [0, 0.05) is 57.7 Å². The zero-order chi connectivity index (χ0) is 65.6. The molecular formula is C50H82N26O4S6. The van der Waals surface area contributed by atoms with Crippen LogP contribution >= 0.6 is 69.2 Å². The molecule has 36 heteroatoms. The van der Waals surface area contributed by atoms with Gasteiger partial charge in [-0.05, 0) is 157 Å². The lowest BCUT2D eigenvalue weighted by Gasteiger charge is -1.75. The van der Waals surface area contributed by atoms with Gasteiger partial charge in [0.1, 0.15) is 55.7 Å². The summed E-state index contributed by atoms with van der Waals surface area (Å²) >= 11 is 8.66. The summed E-state index contributed by atoms with van der Waals surface area (Å²) in [5, 5.41) is 51.5. The summed E-state index contributed by atoms with van der Waals surface area (Å²) in [7, 11) is 3.65. The second-order valence-electron chi connectivity index (χ2n) is 16.0. The third-order valence-corrected chi connectivity index (χ3v) is 12.7. The predicted molar refractivity (Wildman–Crippen MR) is 336 cm³/mol. The Morgan fingerprint density at radius 1 is 0.407 bits per heavy atom. The SMILES string of the molecule is CC.CC.Cc1nnc(C)o1.Cc1nnc(C)s1.Cc1nnsc1C.Cc1nnsc1C.Cc1noc(C)n1.Cc1noc(C)n1.Cc1nonc1C.Cc1nsc(C)n1.Cc1nsc(C)n1.Cc1nsnc1C.Cn1ccnn1.Cn1cncn1. The minimum absolute atomic E-state index is 0.623. The van der Waals surface area contributed by atoms with Crippen LogP contribution < -0.4 is 0 Å². The molecule has 0 unspecified atom stereocenters. The Labute approximate surface area is 527 Å². The maximum Gasteiger partial charge on any atom is 0.223 e. The van der Waals surface area contributed by atoms with Gasteiger partial charge in [0.2, 0.25) is 23.6 Å². The van der Waals surface area contributed by atoms with Crippen LogP contribution in [0.3, 0.4) is 0 Å². The lowest BCUT2D eigenvalue weighted by molar-refractivity contribution is 0.302. The summed E-state index contributed by atoms with van der Waals surface area (Å²) in [5.74, 6) is 5.63. The fourth-order valence-corrected chi connectivity index (χ4v) is 7.05. The van der Waals surface area contributed by atoms with Crippen molar-refractivity contribution in [3.05, 3.63) is 136 Å². The van der Waals surface area contributed by atoms with Gasteiger partial charge in [0.25, 0.3) is 0 Å². The van der Waals surface area contributed by atoms with E-state index in [1.165, 1.54) is 73.9 Å². The molecule has 0 bridgehead atoms. The summed E-state index contributed by atoms with van der Waals surface area (Å²) in [4.78, 5) is 21.8. The Balaban J connectivity index is 0. The van der Waals surface area contributed by atoms with E-state index in [-0.39, 0.29) is 0 Å². The second-order valence-corrected chi connectivity index (χ2v) is 21.7. The van der Waals surface area contributed by atoms with Crippen molar-refractivity contribution in [2.24, 2.45) is 14.1 Å². The molecule has 12 rings (SSSR count). The molecule has 0 amide bonds. The van der Waals surface area contributed by atoms with Crippen molar-refractivity contribution >= 4 is 69.2 Å². The molecular weight excluding hydrogens is 1220 g/mol. The zero-order valence-electron chi connectivity index (χ0n) is 54.0. The Morgan fingerprint density at radius 3 is 0.942 bits per heavy atom. The number of aryl methyl sites for hydroxylation is 22. The lowest BCUT2D eigenvalue weighted by atomic mass is 10.4. The largest absolute Gasteiger partial charge is 0.426 e. The molecule has 0 aliphatic heterocycles. The van der Waals surface area contributed by atoms with Crippen LogP contribution in [0.2, 0.25) is 0 Å². The van der Waals surface area contributed by atoms with E-state index < -0.39 is 0 Å². The van der Waals surface area contributed by atoms with E-state index in [0.29, 0.717) is 35.2 Å². The second kappa shape index (κ2) is 48.4. The van der Waals surface area contributed by atoms with Crippen LogP contribution in [0.1, 0.15) is 139 Å². The molecule has 0 fully saturated rings. The first-order chi connectivity index (χ1) is 40.7. The zero-order valence-corrected chi connectivity index (χ0v) is 58.9. The predicted octanol–water partition coefficient (Wildman–Crippen LogP) is 11.4. The summed E-state index contributed by atoms with van der Waals surface area (Å²) in [6.45, 7) is 45.8. The topological polar surface area (TPSA) is 372 Å². The third-order valence-electron chi connectivity index (χ3n) is 8.36. The maximum absolute atomic E-state index is 4.86. The quantitative estimate of drug-likeness (QED) is 0.136. The molecule has 0 N–H and O–H groups in total. The highest BCUT2D eigenvalue weighted by Gasteiger charge is 1.96. The summed E-state index contributed by atoms with van der Waals surface area (Å²) < 4.78 is 44.9. The van der Waals surface area contributed by atoms with Crippen molar-refractivity contribution < 1.29 is 18.1 Å². The van der Waals surface area contributed by atoms with Crippen LogP contribution in [0, 0.1) is 138 Å². The minimum atomic E-state index is 0.623. The van der Waals surface area contributed by atoms with Crippen LogP contribution in [-0.2, 0) is 14.1 Å². The van der Waals surface area contributed by atoms with Crippen molar-refractivity contribution in [1.82, 2.24) is 127 Å². The van der Waals surface area contributed by atoms with E-state index >= 15 is 0 Å². The normalized spacial score (nSPS) is 9.05. The molecule has 12 aromatic rings. The van der Waals surface area contributed by atoms with Gasteiger partial charge in [-0.3, -0.25) is 9.36 Å². The van der Waals surface area contributed by atoms with E-state index in [4.69, 9.17) is 4.42 Å². The first-order valence-electron chi connectivity index (χ1n) is 26.0. The van der Waals surface area contributed by atoms with Crippen LogP contribution in [0.5, 0.6) is 0 Å². The highest BCUT2D eigenvalue weighted by Crippen LogP contribution is 2.06. The molecule has 0 aliphatic carbocycles. The fourth-order valence-electron chi connectivity index (χ4n) is 4.04. The number of rotatable bonds is 0. The number of nitrogens with zero attached hydrogens (tertiary/aromatic N) is 26. The van der Waals surface area contributed by atoms with Gasteiger partial charge >= 0.3 is 0 Å². The first-order valence-corrected chi connectivity index (χ1v) is 30.6. The standard InChI is InChI=1S/4C4H6N2O.6C4H6N2S.2C3H5N3.2C2H6/c1-3-5-6-4(2)7-3;2*1-3-5-4(2)7-6-3;1-3-4(2)6-7-5-3;1-3-5-6-4(2)7-3;2*1-3-5-4(2)7-6-3;2*1-3-4(2)7-6-5-3;1-3-4(2)6-7-5-3;1-6-3-4-2-5-6;1-6-3-2-4-5-6;2*1-2/h10*1-2H3;2*2-3H,1H3;2*1-2H3. The third kappa shape index (κ3) is 42.9. The van der Waals surface area contributed by atoms with E-state index in [0.717, 1.165) is 65.8 Å². The molecule has 0 aliphatic rings. The van der Waals surface area contributed by atoms with E-state index in [2.05, 4.69) is 132 Å². The van der Waals surface area contributed by atoms with Gasteiger partial charge in [-0.25, -0.2) is 19.6 Å². The number of hydrogen-bond donors (Lipinski definition) is 0. The molecule has 472 valence electrons. The molecule has 12 heterocycles. The van der Waals surface area contributed by atoms with Gasteiger partial charge in [-0.15, -0.1) is 47.0 Å². The molecule has 0 saturated carbocycles. The fraction of sp³-hybridized carbons (Fsp3) is 0.520.